The standard InChI is InChI=1S/C25H28N4O2.C2HF3O2/c26-22(24(30)31)15-17-11-13-20(14-12-17)28-25-27-16-21(18-7-3-1-4-8-18)23(29-25)19-9-5-2-6-10-19;3-2(4,5)1(6)7/h1-10,16-17,20,22H,11-15,26H2,(H,30,31)(H,27,28,29);(H,6,7)/t17?,20?,22-;/m0./s1. The SMILES string of the molecule is N[C@@H](CC1CCC(Nc2ncc(-c3ccccc3)c(-c3ccccc3)n2)CC1)C(=O)O.O=C(O)C(F)(F)F. The van der Waals surface area contributed by atoms with Crippen molar-refractivity contribution in [1.29, 1.82) is 0 Å². The number of halogens is 3. The molecule has 5 N–H and O–H groups in total. The van der Waals surface area contributed by atoms with Crippen LogP contribution in [-0.4, -0.2) is 50.4 Å². The molecule has 38 heavy (non-hydrogen) atoms. The second-order valence-corrected chi connectivity index (χ2v) is 9.03. The largest absolute Gasteiger partial charge is 0.490 e. The lowest BCUT2D eigenvalue weighted by Crippen LogP contribution is -2.35. The van der Waals surface area contributed by atoms with Crippen molar-refractivity contribution < 1.29 is 33.0 Å². The van der Waals surface area contributed by atoms with Crippen molar-refractivity contribution in [3.8, 4) is 22.4 Å². The zero-order chi connectivity index (χ0) is 27.7. The van der Waals surface area contributed by atoms with Crippen LogP contribution in [0.25, 0.3) is 22.4 Å². The number of alkyl halides is 3. The van der Waals surface area contributed by atoms with E-state index in [4.69, 9.17) is 25.7 Å². The maximum Gasteiger partial charge on any atom is 0.490 e. The van der Waals surface area contributed by atoms with Gasteiger partial charge in [0.25, 0.3) is 0 Å². The first kappa shape index (κ1) is 28.6. The molecule has 3 aromatic rings. The average molecular weight is 531 g/mol. The Morgan fingerprint density at radius 2 is 1.47 bits per heavy atom. The Morgan fingerprint density at radius 3 is 1.97 bits per heavy atom. The lowest BCUT2D eigenvalue weighted by molar-refractivity contribution is -0.192. The third-order valence-corrected chi connectivity index (χ3v) is 6.25. The summed E-state index contributed by atoms with van der Waals surface area (Å²) in [4.78, 5) is 29.4. The molecule has 8 nitrogen and oxygen atoms in total. The molecule has 0 bridgehead atoms. The van der Waals surface area contributed by atoms with Crippen LogP contribution in [0.3, 0.4) is 0 Å². The number of nitrogens with zero attached hydrogens (tertiary/aromatic N) is 2. The highest BCUT2D eigenvalue weighted by Crippen LogP contribution is 2.32. The monoisotopic (exact) mass is 530 g/mol. The molecule has 4 rings (SSSR count). The maximum absolute atomic E-state index is 11.0. The summed E-state index contributed by atoms with van der Waals surface area (Å²) in [6, 6.07) is 19.9. The minimum absolute atomic E-state index is 0.281. The summed E-state index contributed by atoms with van der Waals surface area (Å²) >= 11 is 0. The molecule has 202 valence electrons. The summed E-state index contributed by atoms with van der Waals surface area (Å²) in [6.45, 7) is 0. The van der Waals surface area contributed by atoms with Crippen LogP contribution < -0.4 is 11.1 Å². The summed E-state index contributed by atoms with van der Waals surface area (Å²) in [5.41, 5.74) is 9.76. The number of hydrogen-bond acceptors (Lipinski definition) is 6. The van der Waals surface area contributed by atoms with Gasteiger partial charge in [-0.1, -0.05) is 60.7 Å². The molecule has 0 unspecified atom stereocenters. The van der Waals surface area contributed by atoms with Crippen molar-refractivity contribution in [1.82, 2.24) is 9.97 Å². The van der Waals surface area contributed by atoms with Gasteiger partial charge in [0.1, 0.15) is 6.04 Å². The van der Waals surface area contributed by atoms with Crippen LogP contribution in [0.5, 0.6) is 0 Å². The van der Waals surface area contributed by atoms with Crippen LogP contribution >= 0.6 is 0 Å². The van der Waals surface area contributed by atoms with Gasteiger partial charge in [0, 0.05) is 23.4 Å². The van der Waals surface area contributed by atoms with E-state index in [2.05, 4.69) is 34.6 Å². The molecule has 2 aromatic carbocycles. The molecule has 1 heterocycles. The minimum atomic E-state index is -5.08. The molecule has 0 spiro atoms. The molecule has 0 amide bonds. The van der Waals surface area contributed by atoms with E-state index in [0.717, 1.165) is 48.1 Å². The number of rotatable bonds is 7. The quantitative estimate of drug-likeness (QED) is 0.326. The van der Waals surface area contributed by atoms with Gasteiger partial charge in [-0.05, 0) is 43.6 Å². The molecule has 0 saturated heterocycles. The predicted molar refractivity (Wildman–Crippen MR) is 136 cm³/mol. The Labute approximate surface area is 217 Å². The number of carboxylic acids is 2. The summed E-state index contributed by atoms with van der Waals surface area (Å²) in [7, 11) is 0. The van der Waals surface area contributed by atoms with E-state index >= 15 is 0 Å². The second-order valence-electron chi connectivity index (χ2n) is 9.03. The van der Waals surface area contributed by atoms with Gasteiger partial charge in [0.05, 0.1) is 5.69 Å². The van der Waals surface area contributed by atoms with Gasteiger partial charge in [-0.15, -0.1) is 0 Å². The smallest absolute Gasteiger partial charge is 0.480 e. The van der Waals surface area contributed by atoms with Crippen molar-refractivity contribution >= 4 is 17.9 Å². The van der Waals surface area contributed by atoms with Crippen molar-refractivity contribution in [3.63, 3.8) is 0 Å². The Kier molecular flexibility index (Phi) is 9.78. The Morgan fingerprint density at radius 1 is 0.947 bits per heavy atom. The molecule has 1 aromatic heterocycles. The third kappa shape index (κ3) is 8.27. The molecule has 1 atom stereocenters. The summed E-state index contributed by atoms with van der Waals surface area (Å²) in [6.07, 6.45) is 1.20. The van der Waals surface area contributed by atoms with Crippen molar-refractivity contribution in [2.75, 3.05) is 5.32 Å². The highest BCUT2D eigenvalue weighted by molar-refractivity contribution is 5.80. The van der Waals surface area contributed by atoms with E-state index in [0.29, 0.717) is 18.3 Å². The molecular formula is C27H29F3N4O4. The number of benzene rings is 2. The number of aliphatic carboxylic acids is 2. The van der Waals surface area contributed by atoms with Crippen LogP contribution in [0.2, 0.25) is 0 Å². The number of anilines is 1. The molecule has 1 saturated carbocycles. The van der Waals surface area contributed by atoms with Crippen molar-refractivity contribution in [2.24, 2.45) is 11.7 Å². The summed E-state index contributed by atoms with van der Waals surface area (Å²) < 4.78 is 31.7. The first-order valence-electron chi connectivity index (χ1n) is 12.1. The van der Waals surface area contributed by atoms with Gasteiger partial charge in [-0.25, -0.2) is 14.8 Å². The fourth-order valence-electron chi connectivity index (χ4n) is 4.28. The first-order valence-corrected chi connectivity index (χ1v) is 12.1. The van der Waals surface area contributed by atoms with Crippen molar-refractivity contribution in [2.45, 2.75) is 50.4 Å². The topological polar surface area (TPSA) is 138 Å². The molecule has 1 aliphatic carbocycles. The molecule has 1 fully saturated rings. The van der Waals surface area contributed by atoms with E-state index in [1.54, 1.807) is 0 Å². The van der Waals surface area contributed by atoms with Crippen LogP contribution in [0.4, 0.5) is 19.1 Å². The number of aromatic nitrogens is 2. The highest BCUT2D eigenvalue weighted by atomic mass is 19.4. The van der Waals surface area contributed by atoms with Crippen LogP contribution in [0, 0.1) is 5.92 Å². The van der Waals surface area contributed by atoms with Crippen molar-refractivity contribution in [3.05, 3.63) is 66.9 Å². The van der Waals surface area contributed by atoms with Crippen LogP contribution in [0.15, 0.2) is 66.9 Å². The van der Waals surface area contributed by atoms with Crippen LogP contribution in [-0.2, 0) is 9.59 Å². The first-order chi connectivity index (χ1) is 18.0. The van der Waals surface area contributed by atoms with Gasteiger partial charge >= 0.3 is 18.1 Å². The zero-order valence-corrected chi connectivity index (χ0v) is 20.4. The van der Waals surface area contributed by atoms with Gasteiger partial charge in [0.2, 0.25) is 5.95 Å². The fraction of sp³-hybridized carbons (Fsp3) is 0.333. The highest BCUT2D eigenvalue weighted by Gasteiger charge is 2.38. The van der Waals surface area contributed by atoms with E-state index in [1.165, 1.54) is 0 Å². The lowest BCUT2D eigenvalue weighted by atomic mass is 9.82. The fourth-order valence-corrected chi connectivity index (χ4v) is 4.28. The number of hydrogen-bond donors (Lipinski definition) is 4. The lowest BCUT2D eigenvalue weighted by Gasteiger charge is -2.30. The summed E-state index contributed by atoms with van der Waals surface area (Å²) in [5, 5.41) is 19.7. The number of nitrogens with one attached hydrogen (secondary N) is 1. The third-order valence-electron chi connectivity index (χ3n) is 6.25. The Balaban J connectivity index is 0.000000505. The van der Waals surface area contributed by atoms with Gasteiger partial charge in [0.15, 0.2) is 0 Å². The molecule has 1 aliphatic rings. The maximum atomic E-state index is 11.0. The number of nitrogens with two attached hydrogens (primary N) is 1. The van der Waals surface area contributed by atoms with E-state index in [-0.39, 0.29) is 6.04 Å². The molecule has 0 radical (unpaired) electrons. The summed E-state index contributed by atoms with van der Waals surface area (Å²) in [5.74, 6) is -2.68. The Bertz CT molecular complexity index is 1200. The van der Waals surface area contributed by atoms with Gasteiger partial charge in [-0.3, -0.25) is 4.79 Å². The van der Waals surface area contributed by atoms with E-state index < -0.39 is 24.2 Å². The van der Waals surface area contributed by atoms with E-state index in [1.807, 2.05) is 42.6 Å². The predicted octanol–water partition coefficient (Wildman–Crippen LogP) is 5.22. The Hall–Kier alpha value is -3.99. The molecule has 11 heteroatoms. The van der Waals surface area contributed by atoms with Gasteiger partial charge < -0.3 is 21.3 Å². The normalized spacial score (nSPS) is 18.0. The zero-order valence-electron chi connectivity index (χ0n) is 20.4. The number of carbonyl (C=O) groups is 2. The number of carboxylic acid groups (broad SMARTS) is 2. The van der Waals surface area contributed by atoms with Crippen LogP contribution in [0.1, 0.15) is 32.1 Å². The van der Waals surface area contributed by atoms with E-state index in [9.17, 15) is 18.0 Å². The minimum Gasteiger partial charge on any atom is -0.480 e. The second kappa shape index (κ2) is 13.0. The molecular weight excluding hydrogens is 501 g/mol. The van der Waals surface area contributed by atoms with Gasteiger partial charge in [-0.2, -0.15) is 13.2 Å². The average Bonchev–Trinajstić information content (AvgIpc) is 2.90. The molecule has 0 aliphatic heterocycles.